The predicted molar refractivity (Wildman–Crippen MR) is 82.4 cm³/mol. The Balaban J connectivity index is 1.85. The van der Waals surface area contributed by atoms with E-state index in [1.165, 1.54) is 36.6 Å². The van der Waals surface area contributed by atoms with Crippen molar-refractivity contribution in [3.8, 4) is 0 Å². The monoisotopic (exact) mass is 281 g/mol. The SMILES string of the molecule is CC(C)NCc1nc(CN2CCCC(C)(C)C2)cs1. The summed E-state index contributed by atoms with van der Waals surface area (Å²) in [6.07, 6.45) is 2.67. The van der Waals surface area contributed by atoms with Gasteiger partial charge in [0.05, 0.1) is 5.69 Å². The van der Waals surface area contributed by atoms with Gasteiger partial charge in [0.1, 0.15) is 5.01 Å². The Bertz CT molecular complexity index is 398. The van der Waals surface area contributed by atoms with Crippen LogP contribution in [0.3, 0.4) is 0 Å². The molecule has 0 amide bonds. The van der Waals surface area contributed by atoms with Crippen molar-refractivity contribution in [2.45, 2.75) is 59.7 Å². The minimum Gasteiger partial charge on any atom is -0.308 e. The van der Waals surface area contributed by atoms with Crippen molar-refractivity contribution in [3.63, 3.8) is 0 Å². The average molecular weight is 281 g/mol. The van der Waals surface area contributed by atoms with Crippen LogP contribution < -0.4 is 5.32 Å². The molecule has 0 bridgehead atoms. The van der Waals surface area contributed by atoms with Crippen LogP contribution in [-0.4, -0.2) is 29.0 Å². The quantitative estimate of drug-likeness (QED) is 0.898. The molecule has 0 aliphatic carbocycles. The molecule has 1 fully saturated rings. The van der Waals surface area contributed by atoms with Crippen LogP contribution in [-0.2, 0) is 13.1 Å². The Kier molecular flexibility index (Phi) is 4.98. The van der Waals surface area contributed by atoms with Crippen LogP contribution in [0.5, 0.6) is 0 Å². The van der Waals surface area contributed by atoms with Crippen LogP contribution in [0.2, 0.25) is 0 Å². The van der Waals surface area contributed by atoms with Crippen LogP contribution in [0.4, 0.5) is 0 Å². The summed E-state index contributed by atoms with van der Waals surface area (Å²) in [4.78, 5) is 7.29. The third kappa shape index (κ3) is 4.86. The molecule has 0 radical (unpaired) electrons. The second kappa shape index (κ2) is 6.33. The second-order valence-electron chi connectivity index (χ2n) is 6.75. The third-order valence-electron chi connectivity index (χ3n) is 3.63. The smallest absolute Gasteiger partial charge is 0.107 e. The van der Waals surface area contributed by atoms with Crippen molar-refractivity contribution < 1.29 is 0 Å². The lowest BCUT2D eigenvalue weighted by atomic mass is 9.84. The molecule has 4 heteroatoms. The molecule has 2 heterocycles. The number of rotatable bonds is 5. The van der Waals surface area contributed by atoms with Crippen molar-refractivity contribution in [3.05, 3.63) is 16.1 Å². The van der Waals surface area contributed by atoms with Gasteiger partial charge in [-0.2, -0.15) is 0 Å². The van der Waals surface area contributed by atoms with E-state index in [1.807, 2.05) is 0 Å². The molecule has 1 aromatic heterocycles. The standard InChI is InChI=1S/C15H27N3S/c1-12(2)16-8-14-17-13(10-19-14)9-18-7-5-6-15(3,4)11-18/h10,12,16H,5-9,11H2,1-4H3. The summed E-state index contributed by atoms with van der Waals surface area (Å²) in [5.41, 5.74) is 1.71. The highest BCUT2D eigenvalue weighted by Crippen LogP contribution is 2.29. The highest BCUT2D eigenvalue weighted by atomic mass is 32.1. The molecular weight excluding hydrogens is 254 g/mol. The predicted octanol–water partition coefficient (Wildman–Crippen LogP) is 3.26. The Morgan fingerprint density at radius 2 is 2.26 bits per heavy atom. The van der Waals surface area contributed by atoms with E-state index in [2.05, 4.69) is 43.3 Å². The Hall–Kier alpha value is -0.450. The van der Waals surface area contributed by atoms with E-state index < -0.39 is 0 Å². The van der Waals surface area contributed by atoms with Crippen LogP contribution in [0, 0.1) is 5.41 Å². The number of piperidine rings is 1. The topological polar surface area (TPSA) is 28.2 Å². The second-order valence-corrected chi connectivity index (χ2v) is 7.69. The van der Waals surface area contributed by atoms with Gasteiger partial charge in [-0.05, 0) is 24.8 Å². The fraction of sp³-hybridized carbons (Fsp3) is 0.800. The molecular formula is C15H27N3S. The summed E-state index contributed by atoms with van der Waals surface area (Å²) >= 11 is 1.78. The van der Waals surface area contributed by atoms with Crippen LogP contribution >= 0.6 is 11.3 Å². The van der Waals surface area contributed by atoms with Crippen molar-refractivity contribution in [1.82, 2.24) is 15.2 Å². The fourth-order valence-electron chi connectivity index (χ4n) is 2.70. The molecule has 0 spiro atoms. The summed E-state index contributed by atoms with van der Waals surface area (Å²) in [5, 5.41) is 6.86. The molecule has 1 N–H and O–H groups in total. The zero-order chi connectivity index (χ0) is 13.9. The normalized spacial score (nSPS) is 20.1. The number of nitrogens with one attached hydrogen (secondary N) is 1. The van der Waals surface area contributed by atoms with Crippen molar-refractivity contribution in [1.29, 1.82) is 0 Å². The zero-order valence-corrected chi connectivity index (χ0v) is 13.5. The molecule has 3 nitrogen and oxygen atoms in total. The van der Waals surface area contributed by atoms with Crippen LogP contribution in [0.25, 0.3) is 0 Å². The minimum absolute atomic E-state index is 0.469. The molecule has 0 atom stereocenters. The molecule has 0 saturated carbocycles. The summed E-state index contributed by atoms with van der Waals surface area (Å²) in [6, 6.07) is 0.523. The number of aromatic nitrogens is 1. The van der Waals surface area contributed by atoms with E-state index in [9.17, 15) is 0 Å². The highest BCUT2D eigenvalue weighted by Gasteiger charge is 2.26. The maximum Gasteiger partial charge on any atom is 0.107 e. The molecule has 1 aliphatic rings. The van der Waals surface area contributed by atoms with E-state index in [1.54, 1.807) is 11.3 Å². The largest absolute Gasteiger partial charge is 0.308 e. The molecule has 108 valence electrons. The molecule has 1 saturated heterocycles. The number of likely N-dealkylation sites (tertiary alicyclic amines) is 1. The first-order valence-corrected chi connectivity index (χ1v) is 8.22. The molecule has 2 rings (SSSR count). The van der Waals surface area contributed by atoms with Gasteiger partial charge in [0.2, 0.25) is 0 Å². The van der Waals surface area contributed by atoms with Gasteiger partial charge in [0.15, 0.2) is 0 Å². The summed E-state index contributed by atoms with van der Waals surface area (Å²) in [6.45, 7) is 13.4. The lowest BCUT2D eigenvalue weighted by molar-refractivity contribution is 0.110. The zero-order valence-electron chi connectivity index (χ0n) is 12.7. The molecule has 19 heavy (non-hydrogen) atoms. The number of nitrogens with zero attached hydrogens (tertiary/aromatic N) is 2. The number of hydrogen-bond acceptors (Lipinski definition) is 4. The number of hydrogen-bond donors (Lipinski definition) is 1. The first-order chi connectivity index (χ1) is 8.94. The first-order valence-electron chi connectivity index (χ1n) is 7.34. The maximum absolute atomic E-state index is 4.74. The van der Waals surface area contributed by atoms with Gasteiger partial charge in [-0.15, -0.1) is 11.3 Å². The van der Waals surface area contributed by atoms with E-state index in [-0.39, 0.29) is 0 Å². The maximum atomic E-state index is 4.74. The van der Waals surface area contributed by atoms with Gasteiger partial charge in [-0.1, -0.05) is 27.7 Å². The molecule has 0 aromatic carbocycles. The van der Waals surface area contributed by atoms with E-state index >= 15 is 0 Å². The average Bonchev–Trinajstić information content (AvgIpc) is 2.73. The van der Waals surface area contributed by atoms with Gasteiger partial charge in [0.25, 0.3) is 0 Å². The molecule has 1 aromatic rings. The van der Waals surface area contributed by atoms with Crippen molar-refractivity contribution >= 4 is 11.3 Å². The Morgan fingerprint density at radius 3 is 2.95 bits per heavy atom. The van der Waals surface area contributed by atoms with Gasteiger partial charge in [-0.3, -0.25) is 4.90 Å². The van der Waals surface area contributed by atoms with E-state index in [0.717, 1.165) is 13.1 Å². The first kappa shape index (κ1) is 14.9. The molecule has 0 unspecified atom stereocenters. The van der Waals surface area contributed by atoms with Crippen LogP contribution in [0.15, 0.2) is 5.38 Å². The van der Waals surface area contributed by atoms with Crippen LogP contribution in [0.1, 0.15) is 51.2 Å². The lowest BCUT2D eigenvalue weighted by Crippen LogP contribution is -2.39. The third-order valence-corrected chi connectivity index (χ3v) is 4.52. The summed E-state index contributed by atoms with van der Waals surface area (Å²) in [5.74, 6) is 0. The highest BCUT2D eigenvalue weighted by molar-refractivity contribution is 7.09. The fourth-order valence-corrected chi connectivity index (χ4v) is 3.44. The van der Waals surface area contributed by atoms with Gasteiger partial charge < -0.3 is 5.32 Å². The van der Waals surface area contributed by atoms with Crippen molar-refractivity contribution in [2.24, 2.45) is 5.41 Å². The van der Waals surface area contributed by atoms with Gasteiger partial charge >= 0.3 is 0 Å². The molecule has 1 aliphatic heterocycles. The number of thiazole rings is 1. The summed E-state index contributed by atoms with van der Waals surface area (Å²) in [7, 11) is 0. The van der Waals surface area contributed by atoms with Crippen molar-refractivity contribution in [2.75, 3.05) is 13.1 Å². The van der Waals surface area contributed by atoms with E-state index in [4.69, 9.17) is 4.98 Å². The summed E-state index contributed by atoms with van der Waals surface area (Å²) < 4.78 is 0. The lowest BCUT2D eigenvalue weighted by Gasteiger charge is -2.37. The van der Waals surface area contributed by atoms with Gasteiger partial charge in [-0.25, -0.2) is 4.98 Å². The van der Waals surface area contributed by atoms with Gasteiger partial charge in [0, 0.05) is 31.1 Å². The Morgan fingerprint density at radius 1 is 1.47 bits per heavy atom. The minimum atomic E-state index is 0.469. The van der Waals surface area contributed by atoms with E-state index in [0.29, 0.717) is 11.5 Å². The Labute approximate surface area is 121 Å².